The summed E-state index contributed by atoms with van der Waals surface area (Å²) in [6, 6.07) is 5.43. The highest BCUT2D eigenvalue weighted by Gasteiger charge is 2.12. The Morgan fingerprint density at radius 1 is 1.16 bits per heavy atom. The van der Waals surface area contributed by atoms with Crippen LogP contribution in [0.4, 0.5) is 5.69 Å². The number of anilines is 1. The second-order valence-electron chi connectivity index (χ2n) is 4.51. The third-order valence-corrected chi connectivity index (χ3v) is 3.29. The molecule has 0 aliphatic carbocycles. The van der Waals surface area contributed by atoms with Crippen molar-refractivity contribution >= 4 is 29.1 Å². The molecule has 1 saturated heterocycles. The van der Waals surface area contributed by atoms with Gasteiger partial charge in [-0.05, 0) is 25.1 Å². The quantitative estimate of drug-likeness (QED) is 0.823. The van der Waals surface area contributed by atoms with Crippen molar-refractivity contribution in [1.82, 2.24) is 15.3 Å². The zero-order valence-electron chi connectivity index (χ0n) is 10.6. The van der Waals surface area contributed by atoms with E-state index in [4.69, 9.17) is 0 Å². The van der Waals surface area contributed by atoms with Crippen LogP contribution in [0, 0.1) is 0 Å². The summed E-state index contributed by atoms with van der Waals surface area (Å²) >= 11 is 0. The molecule has 0 radical (unpaired) electrons. The van der Waals surface area contributed by atoms with Crippen LogP contribution in [0.2, 0.25) is 0 Å². The number of fused-ring (bicyclic) bond motifs is 1. The Bertz CT molecular complexity index is 605. The Balaban J connectivity index is 0.00000133. The van der Waals surface area contributed by atoms with Gasteiger partial charge < -0.3 is 15.2 Å². The van der Waals surface area contributed by atoms with E-state index < -0.39 is 0 Å². The Labute approximate surface area is 117 Å². The van der Waals surface area contributed by atoms with Gasteiger partial charge in [0.1, 0.15) is 5.65 Å². The number of aromatic amines is 1. The third-order valence-electron chi connectivity index (χ3n) is 3.29. The fourth-order valence-corrected chi connectivity index (χ4v) is 2.41. The third kappa shape index (κ3) is 2.88. The van der Waals surface area contributed by atoms with E-state index in [2.05, 4.69) is 20.2 Å². The molecule has 1 aliphatic rings. The molecular formula is C13H17ClN4O. The minimum atomic E-state index is -0.107. The second kappa shape index (κ2) is 6.04. The molecule has 0 atom stereocenters. The zero-order chi connectivity index (χ0) is 12.4. The maximum Gasteiger partial charge on any atom is 0.249 e. The van der Waals surface area contributed by atoms with Gasteiger partial charge in [-0.15, -0.1) is 12.4 Å². The van der Waals surface area contributed by atoms with Crippen molar-refractivity contribution in [3.8, 4) is 0 Å². The molecule has 2 N–H and O–H groups in total. The summed E-state index contributed by atoms with van der Waals surface area (Å²) in [5.74, 6) is 0. The van der Waals surface area contributed by atoms with E-state index in [0.717, 1.165) is 43.7 Å². The highest BCUT2D eigenvalue weighted by atomic mass is 35.5. The molecule has 0 spiro atoms. The molecule has 0 unspecified atom stereocenters. The van der Waals surface area contributed by atoms with Gasteiger partial charge in [0.25, 0.3) is 0 Å². The molecule has 6 heteroatoms. The molecule has 0 aromatic carbocycles. The van der Waals surface area contributed by atoms with Crippen molar-refractivity contribution in [2.45, 2.75) is 6.42 Å². The average molecular weight is 281 g/mol. The van der Waals surface area contributed by atoms with Crippen LogP contribution in [0.1, 0.15) is 6.42 Å². The zero-order valence-corrected chi connectivity index (χ0v) is 11.4. The molecule has 3 rings (SSSR count). The van der Waals surface area contributed by atoms with E-state index in [9.17, 15) is 4.79 Å². The number of H-pyrrole nitrogens is 1. The standard InChI is InChI=1S/C13H16N4O.ClH/c18-12-3-2-10-11(4-6-15-13(10)16-12)17-8-1-5-14-7-9-17;/h2-4,6,14H,1,5,7-9H2,(H,15,16,18);1H. The van der Waals surface area contributed by atoms with E-state index in [1.54, 1.807) is 12.3 Å². The van der Waals surface area contributed by atoms with E-state index in [0.29, 0.717) is 5.65 Å². The minimum Gasteiger partial charge on any atom is -0.370 e. The molecule has 0 amide bonds. The Hall–Kier alpha value is -1.59. The lowest BCUT2D eigenvalue weighted by Crippen LogP contribution is -2.28. The van der Waals surface area contributed by atoms with Crippen molar-refractivity contribution in [2.24, 2.45) is 0 Å². The lowest BCUT2D eigenvalue weighted by Gasteiger charge is -2.23. The fourth-order valence-electron chi connectivity index (χ4n) is 2.41. The van der Waals surface area contributed by atoms with Gasteiger partial charge in [0.15, 0.2) is 0 Å². The number of hydrogen-bond acceptors (Lipinski definition) is 4. The molecule has 0 saturated carbocycles. The van der Waals surface area contributed by atoms with Gasteiger partial charge in [-0.2, -0.15) is 0 Å². The summed E-state index contributed by atoms with van der Waals surface area (Å²) in [7, 11) is 0. The number of nitrogens with zero attached hydrogens (tertiary/aromatic N) is 2. The maximum absolute atomic E-state index is 11.3. The lowest BCUT2D eigenvalue weighted by molar-refractivity contribution is 0.724. The van der Waals surface area contributed by atoms with Crippen LogP contribution in [0.3, 0.4) is 0 Å². The molecule has 1 aliphatic heterocycles. The fraction of sp³-hybridized carbons (Fsp3) is 0.385. The Morgan fingerprint density at radius 2 is 2.05 bits per heavy atom. The van der Waals surface area contributed by atoms with Gasteiger partial charge in [0.2, 0.25) is 5.56 Å². The Kier molecular flexibility index (Phi) is 4.39. The van der Waals surface area contributed by atoms with Crippen molar-refractivity contribution in [3.05, 3.63) is 34.7 Å². The van der Waals surface area contributed by atoms with Crippen LogP contribution >= 0.6 is 12.4 Å². The van der Waals surface area contributed by atoms with Crippen molar-refractivity contribution in [1.29, 1.82) is 0 Å². The highest BCUT2D eigenvalue weighted by Crippen LogP contribution is 2.23. The maximum atomic E-state index is 11.3. The predicted molar refractivity (Wildman–Crippen MR) is 79.3 cm³/mol. The average Bonchev–Trinajstić information content (AvgIpc) is 2.66. The second-order valence-corrected chi connectivity index (χ2v) is 4.51. The molecule has 5 nitrogen and oxygen atoms in total. The summed E-state index contributed by atoms with van der Waals surface area (Å²) in [5, 5.41) is 4.40. The smallest absolute Gasteiger partial charge is 0.249 e. The van der Waals surface area contributed by atoms with Crippen molar-refractivity contribution in [2.75, 3.05) is 31.1 Å². The van der Waals surface area contributed by atoms with Crippen molar-refractivity contribution in [3.63, 3.8) is 0 Å². The molecular weight excluding hydrogens is 264 g/mol. The van der Waals surface area contributed by atoms with Gasteiger partial charge in [-0.1, -0.05) is 0 Å². The molecule has 102 valence electrons. The number of aromatic nitrogens is 2. The molecule has 2 aromatic heterocycles. The van der Waals surface area contributed by atoms with Gasteiger partial charge in [0, 0.05) is 43.0 Å². The first-order chi connectivity index (χ1) is 8.84. The number of halogens is 1. The van der Waals surface area contributed by atoms with Gasteiger partial charge >= 0.3 is 0 Å². The monoisotopic (exact) mass is 280 g/mol. The van der Waals surface area contributed by atoms with E-state index in [-0.39, 0.29) is 18.0 Å². The topological polar surface area (TPSA) is 61.0 Å². The van der Waals surface area contributed by atoms with Crippen LogP contribution in [0.15, 0.2) is 29.2 Å². The molecule has 2 aromatic rings. The summed E-state index contributed by atoms with van der Waals surface area (Å²) in [6.45, 7) is 4.08. The summed E-state index contributed by atoms with van der Waals surface area (Å²) < 4.78 is 0. The van der Waals surface area contributed by atoms with Crippen LogP contribution < -0.4 is 15.8 Å². The first-order valence-corrected chi connectivity index (χ1v) is 6.28. The van der Waals surface area contributed by atoms with Gasteiger partial charge in [-0.3, -0.25) is 4.79 Å². The summed E-state index contributed by atoms with van der Waals surface area (Å²) in [6.07, 6.45) is 2.89. The number of rotatable bonds is 1. The van der Waals surface area contributed by atoms with Crippen LogP contribution in [-0.4, -0.2) is 36.1 Å². The van der Waals surface area contributed by atoms with Gasteiger partial charge in [-0.25, -0.2) is 4.98 Å². The molecule has 1 fully saturated rings. The van der Waals surface area contributed by atoms with Gasteiger partial charge in [0.05, 0.1) is 0 Å². The Morgan fingerprint density at radius 3 is 2.95 bits per heavy atom. The van der Waals surface area contributed by atoms with E-state index >= 15 is 0 Å². The number of pyridine rings is 2. The van der Waals surface area contributed by atoms with Crippen LogP contribution in [-0.2, 0) is 0 Å². The SMILES string of the molecule is Cl.O=c1ccc2c(N3CCCNCC3)ccnc2[nH]1. The van der Waals surface area contributed by atoms with Crippen molar-refractivity contribution < 1.29 is 0 Å². The van der Waals surface area contributed by atoms with E-state index in [1.165, 1.54) is 0 Å². The van der Waals surface area contributed by atoms with Crippen LogP contribution in [0.25, 0.3) is 11.0 Å². The predicted octanol–water partition coefficient (Wildman–Crippen LogP) is 1.14. The lowest BCUT2D eigenvalue weighted by atomic mass is 10.2. The summed E-state index contributed by atoms with van der Waals surface area (Å²) in [5.41, 5.74) is 1.71. The first kappa shape index (κ1) is 13.8. The number of hydrogen-bond donors (Lipinski definition) is 2. The molecule has 0 bridgehead atoms. The minimum absolute atomic E-state index is 0. The largest absolute Gasteiger partial charge is 0.370 e. The molecule has 3 heterocycles. The van der Waals surface area contributed by atoms with Crippen LogP contribution in [0.5, 0.6) is 0 Å². The highest BCUT2D eigenvalue weighted by molar-refractivity contribution is 5.89. The number of nitrogens with one attached hydrogen (secondary N) is 2. The first-order valence-electron chi connectivity index (χ1n) is 6.28. The summed E-state index contributed by atoms with van der Waals surface area (Å²) in [4.78, 5) is 20.7. The molecule has 19 heavy (non-hydrogen) atoms. The van der Waals surface area contributed by atoms with E-state index in [1.807, 2.05) is 12.1 Å². The normalized spacial score (nSPS) is 15.9.